The van der Waals surface area contributed by atoms with E-state index in [4.69, 9.17) is 0 Å². The minimum atomic E-state index is -0.739. The number of aromatic nitrogens is 2. The highest BCUT2D eigenvalue weighted by atomic mass is 16.2. The van der Waals surface area contributed by atoms with Gasteiger partial charge in [-0.25, -0.2) is 0 Å². The first-order valence-corrected chi connectivity index (χ1v) is 8.76. The Morgan fingerprint density at radius 2 is 1.67 bits per heavy atom. The van der Waals surface area contributed by atoms with Crippen LogP contribution >= 0.6 is 0 Å². The average Bonchev–Trinajstić information content (AvgIpc) is 2.67. The molecule has 1 heterocycles. The van der Waals surface area contributed by atoms with Crippen molar-refractivity contribution in [3.05, 3.63) is 92.8 Å². The first-order valence-electron chi connectivity index (χ1n) is 8.76. The number of nitrogens with zero attached hydrogens (tertiary/aromatic N) is 2. The minimum Gasteiger partial charge on any atom is -0.325 e. The van der Waals surface area contributed by atoms with Gasteiger partial charge in [-0.05, 0) is 42.7 Å². The molecule has 0 aliphatic rings. The van der Waals surface area contributed by atoms with Crippen LogP contribution in [0.3, 0.4) is 0 Å². The van der Waals surface area contributed by atoms with E-state index in [1.807, 2.05) is 43.3 Å². The highest BCUT2D eigenvalue weighted by molar-refractivity contribution is 5.90. The van der Waals surface area contributed by atoms with E-state index in [2.05, 4.69) is 12.2 Å². The number of rotatable bonds is 5. The Kier molecular flexibility index (Phi) is 5.35. The standard InChI is InChI=1S/C21H21N3O3/c1-3-16-8-10-17(11-9-16)22-19(25)14-23-12-13-24(21(27)20(23)26)18-7-5-4-6-15(18)2/h4-13H,3,14H2,1-2H3,(H,22,25). The van der Waals surface area contributed by atoms with Crippen molar-refractivity contribution >= 4 is 11.6 Å². The minimum absolute atomic E-state index is 0.224. The Balaban J connectivity index is 1.80. The molecule has 0 bridgehead atoms. The lowest BCUT2D eigenvalue weighted by Crippen LogP contribution is -2.41. The van der Waals surface area contributed by atoms with Crippen LogP contribution in [0.25, 0.3) is 5.69 Å². The molecule has 27 heavy (non-hydrogen) atoms. The van der Waals surface area contributed by atoms with Crippen molar-refractivity contribution in [2.75, 3.05) is 5.32 Å². The Bertz CT molecular complexity index is 1080. The van der Waals surface area contributed by atoms with Crippen LogP contribution in [0.2, 0.25) is 0 Å². The maximum atomic E-state index is 12.5. The predicted octanol–water partition coefficient (Wildman–Crippen LogP) is 2.51. The van der Waals surface area contributed by atoms with E-state index in [0.717, 1.165) is 16.6 Å². The van der Waals surface area contributed by atoms with Gasteiger partial charge in [-0.2, -0.15) is 0 Å². The number of hydrogen-bond donors (Lipinski definition) is 1. The Morgan fingerprint density at radius 3 is 2.33 bits per heavy atom. The smallest absolute Gasteiger partial charge is 0.320 e. The molecule has 0 saturated heterocycles. The van der Waals surface area contributed by atoms with Gasteiger partial charge in [0.25, 0.3) is 0 Å². The quantitative estimate of drug-likeness (QED) is 0.708. The summed E-state index contributed by atoms with van der Waals surface area (Å²) in [5, 5.41) is 2.74. The van der Waals surface area contributed by atoms with E-state index in [0.29, 0.717) is 11.4 Å². The van der Waals surface area contributed by atoms with Gasteiger partial charge in [0.1, 0.15) is 6.54 Å². The summed E-state index contributed by atoms with van der Waals surface area (Å²) >= 11 is 0. The number of carbonyl (C=O) groups excluding carboxylic acids is 1. The van der Waals surface area contributed by atoms with Crippen molar-refractivity contribution < 1.29 is 4.79 Å². The summed E-state index contributed by atoms with van der Waals surface area (Å²) in [5.74, 6) is -0.366. The third kappa shape index (κ3) is 4.06. The van der Waals surface area contributed by atoms with Crippen molar-refractivity contribution in [1.82, 2.24) is 9.13 Å². The van der Waals surface area contributed by atoms with Crippen molar-refractivity contribution in [3.63, 3.8) is 0 Å². The Hall–Kier alpha value is -3.41. The second-order valence-corrected chi connectivity index (χ2v) is 6.29. The predicted molar refractivity (Wildman–Crippen MR) is 105 cm³/mol. The summed E-state index contributed by atoms with van der Waals surface area (Å²) in [7, 11) is 0. The molecule has 6 nitrogen and oxygen atoms in total. The molecule has 138 valence electrons. The molecule has 3 rings (SSSR count). The molecule has 0 spiro atoms. The van der Waals surface area contributed by atoms with Crippen molar-refractivity contribution in [3.8, 4) is 5.69 Å². The molecule has 0 unspecified atom stereocenters. The first-order chi connectivity index (χ1) is 13.0. The third-order valence-electron chi connectivity index (χ3n) is 4.39. The molecule has 0 aliphatic heterocycles. The summed E-state index contributed by atoms with van der Waals surface area (Å²) in [6.07, 6.45) is 3.88. The van der Waals surface area contributed by atoms with Crippen LogP contribution < -0.4 is 16.4 Å². The molecular weight excluding hydrogens is 342 g/mol. The number of carbonyl (C=O) groups is 1. The van der Waals surface area contributed by atoms with Gasteiger partial charge < -0.3 is 5.32 Å². The zero-order valence-corrected chi connectivity index (χ0v) is 15.3. The molecule has 3 aromatic rings. The molecule has 1 amide bonds. The number of amides is 1. The van der Waals surface area contributed by atoms with Crippen molar-refractivity contribution in [2.45, 2.75) is 26.8 Å². The molecule has 0 aliphatic carbocycles. The Labute approximate surface area is 156 Å². The van der Waals surface area contributed by atoms with Gasteiger partial charge in [0.2, 0.25) is 5.91 Å². The molecule has 0 fully saturated rings. The second kappa shape index (κ2) is 7.86. The number of para-hydroxylation sites is 1. The van der Waals surface area contributed by atoms with Gasteiger partial charge in [0.15, 0.2) is 0 Å². The van der Waals surface area contributed by atoms with E-state index < -0.39 is 11.1 Å². The van der Waals surface area contributed by atoms with Crippen LogP contribution in [0, 0.1) is 6.92 Å². The molecule has 2 aromatic carbocycles. The normalized spacial score (nSPS) is 10.6. The summed E-state index contributed by atoms with van der Waals surface area (Å²) < 4.78 is 2.42. The summed E-state index contributed by atoms with van der Waals surface area (Å²) in [6.45, 7) is 3.70. The number of hydrogen-bond acceptors (Lipinski definition) is 3. The zero-order valence-electron chi connectivity index (χ0n) is 15.3. The largest absolute Gasteiger partial charge is 0.325 e. The lowest BCUT2D eigenvalue weighted by molar-refractivity contribution is -0.116. The molecule has 6 heteroatoms. The molecular formula is C21H21N3O3. The Morgan fingerprint density at radius 1 is 0.963 bits per heavy atom. The van der Waals surface area contributed by atoms with Gasteiger partial charge in [-0.3, -0.25) is 23.5 Å². The highest BCUT2D eigenvalue weighted by Crippen LogP contribution is 2.11. The first kappa shape index (κ1) is 18.4. The fourth-order valence-electron chi connectivity index (χ4n) is 2.84. The van der Waals surface area contributed by atoms with Gasteiger partial charge in [0, 0.05) is 18.1 Å². The number of anilines is 1. The maximum Gasteiger partial charge on any atom is 0.320 e. The summed E-state index contributed by atoms with van der Waals surface area (Å²) in [5.41, 5.74) is 1.92. The third-order valence-corrected chi connectivity index (χ3v) is 4.39. The number of aryl methyl sites for hydroxylation is 2. The van der Waals surface area contributed by atoms with Gasteiger partial charge >= 0.3 is 11.1 Å². The SMILES string of the molecule is CCc1ccc(NC(=O)Cn2ccn(-c3ccccc3C)c(=O)c2=O)cc1. The molecule has 0 radical (unpaired) electrons. The van der Waals surface area contributed by atoms with E-state index in [9.17, 15) is 14.4 Å². The van der Waals surface area contributed by atoms with E-state index in [1.165, 1.54) is 22.5 Å². The lowest BCUT2D eigenvalue weighted by atomic mass is 10.1. The van der Waals surface area contributed by atoms with Crippen LogP contribution in [0.4, 0.5) is 5.69 Å². The average molecular weight is 363 g/mol. The van der Waals surface area contributed by atoms with E-state index in [1.54, 1.807) is 12.1 Å². The van der Waals surface area contributed by atoms with Gasteiger partial charge in [0.05, 0.1) is 5.69 Å². The molecule has 0 atom stereocenters. The van der Waals surface area contributed by atoms with Crippen LogP contribution in [0.15, 0.2) is 70.5 Å². The van der Waals surface area contributed by atoms with Crippen LogP contribution in [-0.4, -0.2) is 15.0 Å². The van der Waals surface area contributed by atoms with Gasteiger partial charge in [-0.1, -0.05) is 37.3 Å². The highest BCUT2D eigenvalue weighted by Gasteiger charge is 2.11. The lowest BCUT2D eigenvalue weighted by Gasteiger charge is -2.11. The molecule has 0 saturated carbocycles. The number of nitrogens with one attached hydrogen (secondary N) is 1. The topological polar surface area (TPSA) is 73.1 Å². The van der Waals surface area contributed by atoms with Crippen LogP contribution in [0.1, 0.15) is 18.1 Å². The summed E-state index contributed by atoms with van der Waals surface area (Å²) in [6, 6.07) is 14.8. The molecule has 1 aromatic heterocycles. The number of benzene rings is 2. The van der Waals surface area contributed by atoms with Crippen LogP contribution in [0.5, 0.6) is 0 Å². The summed E-state index contributed by atoms with van der Waals surface area (Å²) in [4.78, 5) is 37.1. The van der Waals surface area contributed by atoms with Crippen LogP contribution in [-0.2, 0) is 17.8 Å². The van der Waals surface area contributed by atoms with Crippen molar-refractivity contribution in [2.24, 2.45) is 0 Å². The fraction of sp³-hybridized carbons (Fsp3) is 0.190. The van der Waals surface area contributed by atoms with Gasteiger partial charge in [-0.15, -0.1) is 0 Å². The van der Waals surface area contributed by atoms with E-state index >= 15 is 0 Å². The monoisotopic (exact) mass is 363 g/mol. The zero-order chi connectivity index (χ0) is 19.4. The molecule has 1 N–H and O–H groups in total. The van der Waals surface area contributed by atoms with E-state index in [-0.39, 0.29) is 12.5 Å². The van der Waals surface area contributed by atoms with Crippen molar-refractivity contribution in [1.29, 1.82) is 0 Å². The maximum absolute atomic E-state index is 12.5. The fourth-order valence-corrected chi connectivity index (χ4v) is 2.84. The second-order valence-electron chi connectivity index (χ2n) is 6.29.